The zero-order valence-corrected chi connectivity index (χ0v) is 20.5. The van der Waals surface area contributed by atoms with Gasteiger partial charge in [-0.1, -0.05) is 76.2 Å². The van der Waals surface area contributed by atoms with Crippen LogP contribution in [0.4, 0.5) is 0 Å². The van der Waals surface area contributed by atoms with Gasteiger partial charge in [0.15, 0.2) is 0 Å². The van der Waals surface area contributed by atoms with E-state index in [4.69, 9.17) is 0 Å². The average molecular weight is 418 g/mol. The molecule has 2 aliphatic rings. The molecule has 2 rings (SSSR count). The van der Waals surface area contributed by atoms with E-state index in [1.807, 2.05) is 13.3 Å². The van der Waals surface area contributed by atoms with Gasteiger partial charge in [-0.25, -0.2) is 0 Å². The first-order chi connectivity index (χ1) is 11.0. The van der Waals surface area contributed by atoms with Crippen LogP contribution in [0.3, 0.4) is 0 Å². The van der Waals surface area contributed by atoms with E-state index in [1.165, 1.54) is 59.2 Å². The van der Waals surface area contributed by atoms with Gasteiger partial charge in [-0.2, -0.15) is 0 Å². The SMILES string of the molecule is C[C]1[C](C)[C](C)[C](C)[C]1C.C[C]1[C](C)[C](C)[C](C)[C]1C.[CH2][CH][CH]C.[Nb]. The maximum Gasteiger partial charge on any atom is 0 e. The van der Waals surface area contributed by atoms with Gasteiger partial charge in [0, 0.05) is 22.4 Å². The van der Waals surface area contributed by atoms with Crippen LogP contribution in [0.25, 0.3) is 0 Å². The van der Waals surface area contributed by atoms with Crippen LogP contribution < -0.4 is 0 Å². The quantitative estimate of drug-likeness (QED) is 0.395. The first-order valence-electron chi connectivity index (χ1n) is 8.82. The van der Waals surface area contributed by atoms with Gasteiger partial charge in [0.2, 0.25) is 0 Å². The molecule has 14 radical (unpaired) electrons. The molecule has 0 aromatic rings. The van der Waals surface area contributed by atoms with Gasteiger partial charge < -0.3 is 0 Å². The maximum absolute atomic E-state index is 3.42. The van der Waals surface area contributed by atoms with E-state index in [2.05, 4.69) is 76.2 Å². The average Bonchev–Trinajstić information content (AvgIpc) is 2.86. The Morgan fingerprint density at radius 1 is 0.440 bits per heavy atom. The Morgan fingerprint density at radius 2 is 0.520 bits per heavy atom. The molecule has 0 amide bonds. The van der Waals surface area contributed by atoms with Crippen LogP contribution in [-0.4, -0.2) is 0 Å². The smallest absolute Gasteiger partial charge is 0 e. The fourth-order valence-corrected chi connectivity index (χ4v) is 2.81. The number of rotatable bonds is 1. The van der Waals surface area contributed by atoms with Crippen LogP contribution in [0.5, 0.6) is 0 Å². The summed E-state index contributed by atoms with van der Waals surface area (Å²) in [7, 11) is 0. The predicted molar refractivity (Wildman–Crippen MR) is 109 cm³/mol. The topological polar surface area (TPSA) is 0 Å². The Balaban J connectivity index is 0. The monoisotopic (exact) mass is 418 g/mol. The standard InChI is InChI=1S/2C10H15.C4H7.Nb/c2*1-6-7(2)9(4)10(5)8(6)3;1-3-4-2;/h2*1-5H3;3-4H,1H2,2H3;. The Morgan fingerprint density at radius 3 is 0.560 bits per heavy atom. The molecule has 2 aliphatic carbocycles. The van der Waals surface area contributed by atoms with Crippen molar-refractivity contribution in [1.82, 2.24) is 0 Å². The predicted octanol–water partition coefficient (Wildman–Crippen LogP) is 7.19. The maximum atomic E-state index is 3.42. The first-order valence-corrected chi connectivity index (χ1v) is 8.82. The van der Waals surface area contributed by atoms with Gasteiger partial charge in [0.25, 0.3) is 0 Å². The van der Waals surface area contributed by atoms with Gasteiger partial charge in [0.1, 0.15) is 0 Å². The Hall–Kier alpha value is 0.740. The molecule has 0 spiro atoms. The van der Waals surface area contributed by atoms with Crippen LogP contribution in [-0.2, 0) is 22.4 Å². The normalized spacial score (nSPS) is 24.0. The van der Waals surface area contributed by atoms with E-state index >= 15 is 0 Å². The van der Waals surface area contributed by atoms with Gasteiger partial charge in [0.05, 0.1) is 0 Å². The third kappa shape index (κ3) is 7.34. The first kappa shape index (κ1) is 28.0. The van der Waals surface area contributed by atoms with Crippen molar-refractivity contribution in [3.8, 4) is 0 Å². The van der Waals surface area contributed by atoms with Crippen LogP contribution in [0.2, 0.25) is 0 Å². The molecule has 0 N–H and O–H groups in total. The van der Waals surface area contributed by atoms with Gasteiger partial charge >= 0.3 is 0 Å². The number of hydrogen-bond acceptors (Lipinski definition) is 0. The molecule has 0 atom stereocenters. The molecular weight excluding hydrogens is 381 g/mol. The van der Waals surface area contributed by atoms with E-state index in [-0.39, 0.29) is 22.4 Å². The van der Waals surface area contributed by atoms with Crippen LogP contribution in [0, 0.1) is 78.9 Å². The van der Waals surface area contributed by atoms with Crippen LogP contribution >= 0.6 is 0 Å². The summed E-state index contributed by atoms with van der Waals surface area (Å²) in [6.45, 7) is 27.4. The van der Waals surface area contributed by atoms with Gasteiger partial charge in [-0.3, -0.25) is 0 Å². The summed E-state index contributed by atoms with van der Waals surface area (Å²) in [5.41, 5.74) is 0. The van der Waals surface area contributed by atoms with E-state index < -0.39 is 0 Å². The summed E-state index contributed by atoms with van der Waals surface area (Å²) in [4.78, 5) is 0. The molecule has 138 valence electrons. The van der Waals surface area contributed by atoms with Gasteiger partial charge in [-0.15, -0.1) is 0 Å². The fraction of sp³-hybridized carbons (Fsp3) is 0.458. The summed E-state index contributed by atoms with van der Waals surface area (Å²) >= 11 is 0. The largest absolute Gasteiger partial charge is 0.0620 e. The van der Waals surface area contributed by atoms with E-state index in [0.29, 0.717) is 0 Å². The molecule has 0 nitrogen and oxygen atoms in total. The van der Waals surface area contributed by atoms with E-state index in [1.54, 1.807) is 6.42 Å². The second kappa shape index (κ2) is 13.0. The van der Waals surface area contributed by atoms with Gasteiger partial charge in [-0.05, 0) is 78.9 Å². The molecule has 0 bridgehead atoms. The molecule has 0 unspecified atom stereocenters. The minimum absolute atomic E-state index is 0. The zero-order valence-electron chi connectivity index (χ0n) is 18.3. The van der Waals surface area contributed by atoms with Crippen molar-refractivity contribution in [3.63, 3.8) is 0 Å². The van der Waals surface area contributed by atoms with Crippen molar-refractivity contribution in [2.24, 2.45) is 0 Å². The Kier molecular flexibility index (Phi) is 14.5. The minimum atomic E-state index is 0. The molecular formula is C24H37Nb. The van der Waals surface area contributed by atoms with Crippen molar-refractivity contribution in [1.29, 1.82) is 0 Å². The third-order valence-corrected chi connectivity index (χ3v) is 5.86. The molecule has 2 saturated carbocycles. The van der Waals surface area contributed by atoms with Crippen LogP contribution in [0.1, 0.15) is 76.2 Å². The second-order valence-electron chi connectivity index (χ2n) is 6.82. The molecule has 0 aromatic heterocycles. The molecule has 0 heterocycles. The summed E-state index contributed by atoms with van der Waals surface area (Å²) in [6, 6.07) is 0. The van der Waals surface area contributed by atoms with Crippen molar-refractivity contribution in [2.75, 3.05) is 0 Å². The molecule has 1 heteroatoms. The molecule has 0 aliphatic heterocycles. The van der Waals surface area contributed by atoms with Crippen LogP contribution in [0.15, 0.2) is 0 Å². The molecule has 2 fully saturated rings. The summed E-state index contributed by atoms with van der Waals surface area (Å²) < 4.78 is 0. The van der Waals surface area contributed by atoms with Crippen molar-refractivity contribution >= 4 is 0 Å². The Bertz CT molecular complexity index is 204. The molecule has 25 heavy (non-hydrogen) atoms. The van der Waals surface area contributed by atoms with E-state index in [9.17, 15) is 0 Å². The summed E-state index contributed by atoms with van der Waals surface area (Å²) in [5, 5.41) is 0. The molecule has 0 aromatic carbocycles. The second-order valence-corrected chi connectivity index (χ2v) is 6.82. The van der Waals surface area contributed by atoms with Crippen molar-refractivity contribution < 1.29 is 22.4 Å². The van der Waals surface area contributed by atoms with Crippen molar-refractivity contribution in [2.45, 2.75) is 76.2 Å². The molecule has 0 saturated heterocycles. The van der Waals surface area contributed by atoms with Crippen molar-refractivity contribution in [3.05, 3.63) is 78.9 Å². The third-order valence-electron chi connectivity index (χ3n) is 5.86. The Labute approximate surface area is 177 Å². The summed E-state index contributed by atoms with van der Waals surface area (Å²) in [5.74, 6) is 14.7. The zero-order chi connectivity index (χ0) is 19.2. The summed E-state index contributed by atoms with van der Waals surface area (Å²) in [6.07, 6.45) is 3.64. The minimum Gasteiger partial charge on any atom is -0.0620 e. The number of unbranched alkanes of at least 4 members (excludes halogenated alkanes) is 1. The number of hydrogen-bond donors (Lipinski definition) is 0. The van der Waals surface area contributed by atoms with E-state index in [0.717, 1.165) is 0 Å². The fourth-order valence-electron chi connectivity index (χ4n) is 2.81.